The first kappa shape index (κ1) is 13.4. The lowest BCUT2D eigenvalue weighted by atomic mass is 10.2. The van der Waals surface area contributed by atoms with Crippen LogP contribution in [0.3, 0.4) is 0 Å². The molecule has 19 heavy (non-hydrogen) atoms. The molecule has 1 aromatic carbocycles. The highest BCUT2D eigenvalue weighted by Crippen LogP contribution is 2.18. The Morgan fingerprint density at radius 2 is 2.32 bits per heavy atom. The number of anilines is 1. The maximum Gasteiger partial charge on any atom is 0.338 e. The fourth-order valence-corrected chi connectivity index (χ4v) is 1.77. The van der Waals surface area contributed by atoms with Gasteiger partial charge in [0, 0.05) is 13.6 Å². The minimum Gasteiger partial charge on any atom is -0.462 e. The van der Waals surface area contributed by atoms with Crippen molar-refractivity contribution in [3.05, 3.63) is 23.8 Å². The van der Waals surface area contributed by atoms with Crippen LogP contribution in [0.4, 0.5) is 5.95 Å². The monoisotopic (exact) mass is 263 g/mol. The fourth-order valence-electron chi connectivity index (χ4n) is 1.77. The van der Waals surface area contributed by atoms with Gasteiger partial charge in [-0.1, -0.05) is 0 Å². The Balaban J connectivity index is 2.30. The van der Waals surface area contributed by atoms with E-state index in [1.165, 1.54) is 0 Å². The lowest BCUT2D eigenvalue weighted by molar-refractivity contribution is 0.0526. The Morgan fingerprint density at radius 3 is 3.00 bits per heavy atom. The van der Waals surface area contributed by atoms with Crippen LogP contribution in [0, 0.1) is 0 Å². The molecule has 1 heterocycles. The van der Waals surface area contributed by atoms with E-state index in [2.05, 4.69) is 9.97 Å². The highest BCUT2D eigenvalue weighted by Gasteiger charge is 2.11. The summed E-state index contributed by atoms with van der Waals surface area (Å²) in [6.45, 7) is 2.67. The Labute approximate surface area is 111 Å². The number of hydrogen-bond acceptors (Lipinski definition) is 5. The number of nitrogens with zero attached hydrogens (tertiary/aromatic N) is 2. The van der Waals surface area contributed by atoms with E-state index in [1.807, 2.05) is 11.9 Å². The first-order valence-corrected chi connectivity index (χ1v) is 6.14. The van der Waals surface area contributed by atoms with Crippen LogP contribution in [-0.2, 0) is 4.74 Å². The van der Waals surface area contributed by atoms with Gasteiger partial charge in [0.2, 0.25) is 5.95 Å². The number of aliphatic hydroxyl groups excluding tert-OH is 1. The van der Waals surface area contributed by atoms with Crippen LogP contribution in [0.1, 0.15) is 17.3 Å². The molecule has 6 heteroatoms. The molecule has 2 aromatic rings. The molecule has 0 aliphatic rings. The molecule has 0 aliphatic carbocycles. The summed E-state index contributed by atoms with van der Waals surface area (Å²) >= 11 is 0. The van der Waals surface area contributed by atoms with Crippen LogP contribution >= 0.6 is 0 Å². The van der Waals surface area contributed by atoms with Crippen molar-refractivity contribution >= 4 is 23.0 Å². The molecule has 0 spiro atoms. The van der Waals surface area contributed by atoms with Gasteiger partial charge in [0.05, 0.1) is 29.8 Å². The molecule has 0 bridgehead atoms. The number of imidazole rings is 1. The standard InChI is InChI=1S/C13H17N3O3/c1-3-19-12(18)9-4-5-10-11(8-9)15-13(14-10)16(2)6-7-17/h4-5,8,17H,3,6-7H2,1-2H3,(H,14,15). The number of aliphatic hydroxyl groups is 1. The van der Waals surface area contributed by atoms with Gasteiger partial charge in [-0.05, 0) is 25.1 Å². The highest BCUT2D eigenvalue weighted by molar-refractivity contribution is 5.94. The van der Waals surface area contributed by atoms with Gasteiger partial charge in [-0.2, -0.15) is 0 Å². The van der Waals surface area contributed by atoms with E-state index in [4.69, 9.17) is 9.84 Å². The van der Waals surface area contributed by atoms with Crippen LogP contribution in [0.25, 0.3) is 11.0 Å². The number of hydrogen-bond donors (Lipinski definition) is 2. The molecule has 0 unspecified atom stereocenters. The molecule has 6 nitrogen and oxygen atoms in total. The van der Waals surface area contributed by atoms with Crippen molar-refractivity contribution in [1.29, 1.82) is 0 Å². The van der Waals surface area contributed by atoms with Crippen LogP contribution in [0.2, 0.25) is 0 Å². The lowest BCUT2D eigenvalue weighted by Crippen LogP contribution is -2.22. The largest absolute Gasteiger partial charge is 0.462 e. The highest BCUT2D eigenvalue weighted by atomic mass is 16.5. The number of carbonyl (C=O) groups is 1. The van der Waals surface area contributed by atoms with Crippen molar-refractivity contribution in [2.24, 2.45) is 0 Å². The summed E-state index contributed by atoms with van der Waals surface area (Å²) in [6, 6.07) is 5.18. The zero-order valence-electron chi connectivity index (χ0n) is 11.0. The Bertz CT molecular complexity index is 580. The van der Waals surface area contributed by atoms with Crippen molar-refractivity contribution in [2.45, 2.75) is 6.92 Å². The average Bonchev–Trinajstić information content (AvgIpc) is 2.82. The first-order chi connectivity index (χ1) is 9.15. The number of rotatable bonds is 5. The minimum atomic E-state index is -0.343. The van der Waals surface area contributed by atoms with E-state index < -0.39 is 0 Å². The number of carbonyl (C=O) groups excluding carboxylic acids is 1. The molecule has 0 amide bonds. The van der Waals surface area contributed by atoms with E-state index in [0.717, 1.165) is 11.0 Å². The Kier molecular flexibility index (Phi) is 4.01. The van der Waals surface area contributed by atoms with Crippen molar-refractivity contribution in [3.8, 4) is 0 Å². The molecule has 0 atom stereocenters. The molecule has 0 saturated carbocycles. The van der Waals surface area contributed by atoms with Gasteiger partial charge in [0.1, 0.15) is 0 Å². The number of aromatic amines is 1. The number of aromatic nitrogens is 2. The zero-order chi connectivity index (χ0) is 13.8. The van der Waals surface area contributed by atoms with Crippen molar-refractivity contribution in [1.82, 2.24) is 9.97 Å². The first-order valence-electron chi connectivity index (χ1n) is 6.14. The maximum atomic E-state index is 11.6. The number of esters is 1. The van der Waals surface area contributed by atoms with Gasteiger partial charge in [0.25, 0.3) is 0 Å². The summed E-state index contributed by atoms with van der Waals surface area (Å²) in [5, 5.41) is 8.90. The van der Waals surface area contributed by atoms with Gasteiger partial charge >= 0.3 is 5.97 Å². The van der Waals surface area contributed by atoms with E-state index >= 15 is 0 Å². The summed E-state index contributed by atoms with van der Waals surface area (Å²) in [7, 11) is 1.83. The maximum absolute atomic E-state index is 11.6. The molecule has 1 aromatic heterocycles. The topological polar surface area (TPSA) is 78.4 Å². The molecular weight excluding hydrogens is 246 g/mol. The Hall–Kier alpha value is -2.08. The second-order valence-electron chi connectivity index (χ2n) is 4.16. The van der Waals surface area contributed by atoms with Crippen LogP contribution in [0.15, 0.2) is 18.2 Å². The third-order valence-corrected chi connectivity index (χ3v) is 2.78. The molecule has 2 N–H and O–H groups in total. The summed E-state index contributed by atoms with van der Waals surface area (Å²) in [6.07, 6.45) is 0. The molecule has 0 saturated heterocycles. The van der Waals surface area contributed by atoms with Gasteiger partial charge in [-0.3, -0.25) is 0 Å². The van der Waals surface area contributed by atoms with Crippen LogP contribution in [0.5, 0.6) is 0 Å². The van der Waals surface area contributed by atoms with Gasteiger partial charge < -0.3 is 19.7 Å². The normalized spacial score (nSPS) is 10.7. The van der Waals surface area contributed by atoms with Crippen molar-refractivity contribution < 1.29 is 14.6 Å². The molecule has 2 rings (SSSR count). The molecule has 0 radical (unpaired) electrons. The number of nitrogens with one attached hydrogen (secondary N) is 1. The molecule has 102 valence electrons. The fraction of sp³-hybridized carbons (Fsp3) is 0.385. The van der Waals surface area contributed by atoms with Gasteiger partial charge in [0.15, 0.2) is 0 Å². The zero-order valence-corrected chi connectivity index (χ0v) is 11.0. The summed E-state index contributed by atoms with van der Waals surface area (Å²) in [5.74, 6) is 0.314. The summed E-state index contributed by atoms with van der Waals surface area (Å²) in [4.78, 5) is 20.9. The number of benzene rings is 1. The second kappa shape index (κ2) is 5.71. The number of H-pyrrole nitrogens is 1. The summed E-state index contributed by atoms with van der Waals surface area (Å²) in [5.41, 5.74) is 2.03. The van der Waals surface area contributed by atoms with Crippen LogP contribution in [-0.4, -0.2) is 47.8 Å². The third-order valence-electron chi connectivity index (χ3n) is 2.78. The van der Waals surface area contributed by atoms with Gasteiger partial charge in [-0.15, -0.1) is 0 Å². The van der Waals surface area contributed by atoms with Crippen molar-refractivity contribution in [3.63, 3.8) is 0 Å². The second-order valence-corrected chi connectivity index (χ2v) is 4.16. The smallest absolute Gasteiger partial charge is 0.338 e. The number of ether oxygens (including phenoxy) is 1. The van der Waals surface area contributed by atoms with E-state index in [1.54, 1.807) is 25.1 Å². The van der Waals surface area contributed by atoms with Crippen molar-refractivity contribution in [2.75, 3.05) is 31.7 Å². The minimum absolute atomic E-state index is 0.0572. The molecule has 0 aliphatic heterocycles. The van der Waals surface area contributed by atoms with E-state index in [-0.39, 0.29) is 12.6 Å². The predicted octanol–water partition coefficient (Wildman–Crippen LogP) is 1.17. The molecule has 0 fully saturated rings. The quantitative estimate of drug-likeness (QED) is 0.792. The van der Waals surface area contributed by atoms with E-state index in [0.29, 0.717) is 24.7 Å². The third kappa shape index (κ3) is 2.85. The predicted molar refractivity (Wildman–Crippen MR) is 72.4 cm³/mol. The average molecular weight is 263 g/mol. The lowest BCUT2D eigenvalue weighted by Gasteiger charge is -2.12. The van der Waals surface area contributed by atoms with E-state index in [9.17, 15) is 4.79 Å². The summed E-state index contributed by atoms with van der Waals surface area (Å²) < 4.78 is 4.95. The number of likely N-dealkylation sites (N-methyl/N-ethyl adjacent to an activating group) is 1. The van der Waals surface area contributed by atoms with Gasteiger partial charge in [-0.25, -0.2) is 9.78 Å². The Morgan fingerprint density at radius 1 is 1.53 bits per heavy atom. The molecular formula is C13H17N3O3. The SMILES string of the molecule is CCOC(=O)c1ccc2nc(N(C)CCO)[nH]c2c1. The van der Waals surface area contributed by atoms with Crippen LogP contribution < -0.4 is 4.90 Å². The number of fused-ring (bicyclic) bond motifs is 1.